The van der Waals surface area contributed by atoms with Crippen molar-refractivity contribution in [1.29, 1.82) is 0 Å². The molecule has 1 aliphatic heterocycles. The van der Waals surface area contributed by atoms with Crippen LogP contribution in [0, 0.1) is 0 Å². The van der Waals surface area contributed by atoms with Gasteiger partial charge in [-0.3, -0.25) is 4.98 Å². The van der Waals surface area contributed by atoms with Crippen LogP contribution in [0.5, 0.6) is 0 Å². The van der Waals surface area contributed by atoms with E-state index in [1.54, 1.807) is 0 Å². The zero-order chi connectivity index (χ0) is 13.7. The van der Waals surface area contributed by atoms with E-state index in [2.05, 4.69) is 20.0 Å². The van der Waals surface area contributed by atoms with Gasteiger partial charge in [-0.2, -0.15) is 0 Å². The first-order chi connectivity index (χ1) is 9.16. The summed E-state index contributed by atoms with van der Waals surface area (Å²) in [5, 5.41) is 2.60. The summed E-state index contributed by atoms with van der Waals surface area (Å²) in [6.07, 6.45) is 3.33. The lowest BCUT2D eigenvalue weighted by Gasteiger charge is -2.14. The molecule has 0 unspecified atom stereocenters. The molecule has 0 aliphatic carbocycles. The largest absolute Gasteiger partial charge is 0.418 e. The van der Waals surface area contributed by atoms with E-state index in [0.29, 0.717) is 18.8 Å². The van der Waals surface area contributed by atoms with Gasteiger partial charge in [-0.15, -0.1) is 0 Å². The Bertz CT molecular complexity index is 477. The van der Waals surface area contributed by atoms with Crippen molar-refractivity contribution in [2.45, 2.75) is 19.4 Å². The SMILES string of the molecule is O=C(NCc1nccnc1Cl)OC(=O)N1CCCC1. The van der Waals surface area contributed by atoms with Crippen LogP contribution in [-0.2, 0) is 11.3 Å². The Morgan fingerprint density at radius 3 is 2.68 bits per heavy atom. The first kappa shape index (κ1) is 13.5. The minimum absolute atomic E-state index is 0.0544. The molecule has 0 spiro atoms. The number of carbonyl (C=O) groups excluding carboxylic acids is 2. The highest BCUT2D eigenvalue weighted by atomic mass is 35.5. The van der Waals surface area contributed by atoms with Crippen LogP contribution < -0.4 is 5.32 Å². The molecule has 2 heterocycles. The molecule has 102 valence electrons. The molecule has 1 fully saturated rings. The molecule has 2 amide bonds. The number of nitrogens with one attached hydrogen (secondary N) is 1. The topological polar surface area (TPSA) is 84.4 Å². The van der Waals surface area contributed by atoms with Crippen LogP contribution in [0.25, 0.3) is 0 Å². The number of nitrogens with zero attached hydrogens (tertiary/aromatic N) is 3. The van der Waals surface area contributed by atoms with E-state index < -0.39 is 12.2 Å². The van der Waals surface area contributed by atoms with E-state index in [0.717, 1.165) is 12.8 Å². The molecule has 1 aromatic heterocycles. The summed E-state index contributed by atoms with van der Waals surface area (Å²) >= 11 is 5.78. The number of hydrogen-bond acceptors (Lipinski definition) is 5. The lowest BCUT2D eigenvalue weighted by Crippen LogP contribution is -2.34. The monoisotopic (exact) mass is 284 g/mol. The summed E-state index contributed by atoms with van der Waals surface area (Å²) in [4.78, 5) is 32.2. The third kappa shape index (κ3) is 3.78. The number of likely N-dealkylation sites (tertiary alicyclic amines) is 1. The smallest absolute Gasteiger partial charge is 0.359 e. The van der Waals surface area contributed by atoms with Crippen molar-refractivity contribution < 1.29 is 14.3 Å². The molecule has 1 aliphatic rings. The standard InChI is InChI=1S/C11H13ClN4O3/c12-9-8(13-3-4-14-9)7-15-10(17)19-11(18)16-5-1-2-6-16/h3-4H,1-2,5-7H2,(H,15,17). The number of halogens is 1. The molecule has 8 heteroatoms. The zero-order valence-corrected chi connectivity index (χ0v) is 10.9. The van der Waals surface area contributed by atoms with Crippen molar-refractivity contribution in [1.82, 2.24) is 20.2 Å². The molecule has 19 heavy (non-hydrogen) atoms. The fraction of sp³-hybridized carbons (Fsp3) is 0.455. The van der Waals surface area contributed by atoms with Gasteiger partial charge < -0.3 is 15.0 Å². The first-order valence-electron chi connectivity index (χ1n) is 5.87. The predicted molar refractivity (Wildman–Crippen MR) is 66.6 cm³/mol. The van der Waals surface area contributed by atoms with Crippen LogP contribution in [-0.4, -0.2) is 40.1 Å². The Balaban J connectivity index is 1.78. The first-order valence-corrected chi connectivity index (χ1v) is 6.24. The summed E-state index contributed by atoms with van der Waals surface area (Å²) in [7, 11) is 0. The van der Waals surface area contributed by atoms with E-state index in [-0.39, 0.29) is 11.7 Å². The van der Waals surface area contributed by atoms with E-state index in [9.17, 15) is 9.59 Å². The number of carbonyl (C=O) groups is 2. The molecule has 0 atom stereocenters. The van der Waals surface area contributed by atoms with Crippen molar-refractivity contribution in [2.24, 2.45) is 0 Å². The molecule has 2 rings (SSSR count). The molecule has 0 aromatic carbocycles. The van der Waals surface area contributed by atoms with Crippen molar-refractivity contribution in [2.75, 3.05) is 13.1 Å². The van der Waals surface area contributed by atoms with E-state index in [1.807, 2.05) is 0 Å². The summed E-state index contributed by atoms with van der Waals surface area (Å²) in [6.45, 7) is 1.31. The fourth-order valence-corrected chi connectivity index (χ4v) is 1.88. The lowest BCUT2D eigenvalue weighted by atomic mass is 10.4. The van der Waals surface area contributed by atoms with E-state index in [4.69, 9.17) is 11.6 Å². The van der Waals surface area contributed by atoms with Gasteiger partial charge in [0.15, 0.2) is 5.15 Å². The molecule has 7 nitrogen and oxygen atoms in total. The maximum atomic E-state index is 11.5. The van der Waals surface area contributed by atoms with Crippen LogP contribution in [0.2, 0.25) is 5.15 Å². The second-order valence-corrected chi connectivity index (χ2v) is 4.35. The van der Waals surface area contributed by atoms with Gasteiger partial charge in [0, 0.05) is 25.5 Å². The van der Waals surface area contributed by atoms with Crippen molar-refractivity contribution >= 4 is 23.8 Å². The van der Waals surface area contributed by atoms with Gasteiger partial charge in [0.2, 0.25) is 0 Å². The number of alkyl carbamates (subject to hydrolysis) is 1. The minimum atomic E-state index is -0.821. The quantitative estimate of drug-likeness (QED) is 0.833. The Morgan fingerprint density at radius 2 is 2.00 bits per heavy atom. The van der Waals surface area contributed by atoms with Gasteiger partial charge in [-0.05, 0) is 12.8 Å². The van der Waals surface area contributed by atoms with Gasteiger partial charge in [0.25, 0.3) is 0 Å². The second kappa shape index (κ2) is 6.33. The van der Waals surface area contributed by atoms with Gasteiger partial charge >= 0.3 is 12.2 Å². The number of aromatic nitrogens is 2. The average Bonchev–Trinajstić information content (AvgIpc) is 2.91. The van der Waals surface area contributed by atoms with E-state index >= 15 is 0 Å². The average molecular weight is 285 g/mol. The maximum Gasteiger partial charge on any atom is 0.418 e. The summed E-state index contributed by atoms with van der Waals surface area (Å²) in [5.74, 6) is 0. The zero-order valence-electron chi connectivity index (χ0n) is 10.1. The van der Waals surface area contributed by atoms with E-state index in [1.165, 1.54) is 17.3 Å². The highest BCUT2D eigenvalue weighted by molar-refractivity contribution is 6.29. The number of hydrogen-bond donors (Lipinski definition) is 1. The molecule has 0 saturated carbocycles. The van der Waals surface area contributed by atoms with Crippen LogP contribution >= 0.6 is 11.6 Å². The molecular formula is C11H13ClN4O3. The lowest BCUT2D eigenvalue weighted by molar-refractivity contribution is 0.124. The highest BCUT2D eigenvalue weighted by Gasteiger charge is 2.21. The van der Waals surface area contributed by atoms with Crippen LogP contribution in [0.15, 0.2) is 12.4 Å². The van der Waals surface area contributed by atoms with Crippen molar-refractivity contribution in [3.8, 4) is 0 Å². The Morgan fingerprint density at radius 1 is 1.32 bits per heavy atom. The van der Waals surface area contributed by atoms with Crippen molar-refractivity contribution in [3.05, 3.63) is 23.2 Å². The summed E-state index contributed by atoms with van der Waals surface area (Å²) in [6, 6.07) is 0. The van der Waals surface area contributed by atoms with Crippen LogP contribution in [0.3, 0.4) is 0 Å². The van der Waals surface area contributed by atoms with Crippen LogP contribution in [0.1, 0.15) is 18.5 Å². The fourth-order valence-electron chi connectivity index (χ4n) is 1.70. The Hall–Kier alpha value is -1.89. The third-order valence-corrected chi connectivity index (χ3v) is 2.98. The Labute approximate surface area is 114 Å². The third-order valence-electron chi connectivity index (χ3n) is 2.67. The minimum Gasteiger partial charge on any atom is -0.359 e. The Kier molecular flexibility index (Phi) is 4.51. The molecule has 1 N–H and O–H groups in total. The maximum absolute atomic E-state index is 11.5. The molecule has 0 radical (unpaired) electrons. The number of ether oxygens (including phenoxy) is 1. The molecule has 1 aromatic rings. The second-order valence-electron chi connectivity index (χ2n) is 4.00. The predicted octanol–water partition coefficient (Wildman–Crippen LogP) is 1.57. The summed E-state index contributed by atoms with van der Waals surface area (Å²) < 4.78 is 4.64. The highest BCUT2D eigenvalue weighted by Crippen LogP contribution is 2.09. The number of rotatable bonds is 2. The molecular weight excluding hydrogens is 272 g/mol. The van der Waals surface area contributed by atoms with Gasteiger partial charge in [0.1, 0.15) is 0 Å². The van der Waals surface area contributed by atoms with Crippen LogP contribution in [0.4, 0.5) is 9.59 Å². The van der Waals surface area contributed by atoms with Gasteiger partial charge in [0.05, 0.1) is 12.2 Å². The van der Waals surface area contributed by atoms with Gasteiger partial charge in [-0.25, -0.2) is 14.6 Å². The molecule has 0 bridgehead atoms. The normalized spacial score (nSPS) is 14.3. The summed E-state index contributed by atoms with van der Waals surface area (Å²) in [5.41, 5.74) is 0.412. The number of amides is 2. The molecule has 1 saturated heterocycles. The van der Waals surface area contributed by atoms with Gasteiger partial charge in [-0.1, -0.05) is 11.6 Å². The van der Waals surface area contributed by atoms with Crippen molar-refractivity contribution in [3.63, 3.8) is 0 Å².